The standard InChI is InChI=1S/C29H43N3O4S/c1-4-6-19-32(20-7-5-2)26-21-23(29(33)31(3)24-15-11-8-9-12-16-24)22-27(37(30,34)35)28(26)36-25-17-13-10-14-18-25/h10,13-14,17-18,21-22,24H,4-9,11-12,15-16,19-20H2,1-3H3,(H2,30,34,35). The Hall–Kier alpha value is -2.58. The van der Waals surface area contributed by atoms with E-state index in [9.17, 15) is 13.2 Å². The highest BCUT2D eigenvalue weighted by atomic mass is 32.2. The van der Waals surface area contributed by atoms with Crippen LogP contribution in [0, 0.1) is 0 Å². The molecule has 1 aliphatic carbocycles. The average molecular weight is 530 g/mol. The highest BCUT2D eigenvalue weighted by Crippen LogP contribution is 2.40. The SMILES string of the molecule is CCCCN(CCCC)c1cc(C(=O)N(C)C2CCCCCC2)cc(S(N)(=O)=O)c1Oc1ccccc1. The summed E-state index contributed by atoms with van der Waals surface area (Å²) in [6, 6.07) is 12.4. The molecule has 7 nitrogen and oxygen atoms in total. The van der Waals surface area contributed by atoms with Gasteiger partial charge in [0.15, 0.2) is 5.75 Å². The molecule has 3 rings (SSSR count). The summed E-state index contributed by atoms with van der Waals surface area (Å²) >= 11 is 0. The van der Waals surface area contributed by atoms with Crippen LogP contribution < -0.4 is 14.8 Å². The molecule has 2 aromatic rings. The van der Waals surface area contributed by atoms with Crippen molar-refractivity contribution >= 4 is 21.6 Å². The van der Waals surface area contributed by atoms with E-state index in [4.69, 9.17) is 9.88 Å². The van der Waals surface area contributed by atoms with Gasteiger partial charge in [-0.15, -0.1) is 0 Å². The van der Waals surface area contributed by atoms with Gasteiger partial charge in [-0.2, -0.15) is 0 Å². The van der Waals surface area contributed by atoms with E-state index in [1.54, 1.807) is 23.1 Å². The number of benzene rings is 2. The fourth-order valence-electron chi connectivity index (χ4n) is 4.93. The van der Waals surface area contributed by atoms with Crippen LogP contribution in [0.5, 0.6) is 11.5 Å². The molecule has 8 heteroatoms. The molecule has 1 aliphatic rings. The number of para-hydroxylation sites is 1. The van der Waals surface area contributed by atoms with E-state index in [1.165, 1.54) is 18.9 Å². The Morgan fingerprint density at radius 2 is 1.57 bits per heavy atom. The molecule has 1 amide bonds. The van der Waals surface area contributed by atoms with Crippen molar-refractivity contribution in [3.63, 3.8) is 0 Å². The van der Waals surface area contributed by atoms with Crippen LogP contribution in [0.15, 0.2) is 47.4 Å². The van der Waals surface area contributed by atoms with Gasteiger partial charge in [-0.3, -0.25) is 4.79 Å². The van der Waals surface area contributed by atoms with Crippen molar-refractivity contribution < 1.29 is 17.9 Å². The zero-order chi connectivity index (χ0) is 26.8. The third-order valence-electron chi connectivity index (χ3n) is 7.15. The molecule has 2 N–H and O–H groups in total. The Balaban J connectivity index is 2.15. The lowest BCUT2D eigenvalue weighted by Crippen LogP contribution is -2.37. The van der Waals surface area contributed by atoms with Gasteiger partial charge in [0.1, 0.15) is 10.6 Å². The Morgan fingerprint density at radius 1 is 0.973 bits per heavy atom. The molecule has 1 saturated carbocycles. The average Bonchev–Trinajstić information content (AvgIpc) is 3.18. The van der Waals surface area contributed by atoms with Gasteiger partial charge in [0.05, 0.1) is 5.69 Å². The lowest BCUT2D eigenvalue weighted by molar-refractivity contribution is 0.0717. The van der Waals surface area contributed by atoms with E-state index in [0.717, 1.165) is 64.5 Å². The lowest BCUT2D eigenvalue weighted by atomic mass is 10.1. The third-order valence-corrected chi connectivity index (χ3v) is 8.06. The van der Waals surface area contributed by atoms with Crippen LogP contribution in [0.4, 0.5) is 5.69 Å². The highest BCUT2D eigenvalue weighted by molar-refractivity contribution is 7.89. The van der Waals surface area contributed by atoms with Gasteiger partial charge in [-0.05, 0) is 49.9 Å². The molecule has 0 bridgehead atoms. The smallest absolute Gasteiger partial charge is 0.253 e. The molecule has 0 aromatic heterocycles. The molecule has 204 valence electrons. The minimum Gasteiger partial charge on any atom is -0.454 e. The number of sulfonamides is 1. The second kappa shape index (κ2) is 13.8. The van der Waals surface area contributed by atoms with E-state index in [0.29, 0.717) is 17.0 Å². The third kappa shape index (κ3) is 7.95. The van der Waals surface area contributed by atoms with Gasteiger partial charge in [0.25, 0.3) is 5.91 Å². The summed E-state index contributed by atoms with van der Waals surface area (Å²) < 4.78 is 32.0. The second-order valence-corrected chi connectivity index (χ2v) is 11.6. The van der Waals surface area contributed by atoms with Crippen molar-refractivity contribution in [3.05, 3.63) is 48.0 Å². The van der Waals surface area contributed by atoms with Gasteiger partial charge in [0, 0.05) is 31.7 Å². The highest BCUT2D eigenvalue weighted by Gasteiger charge is 2.29. The van der Waals surface area contributed by atoms with Crippen LogP contribution in [0.25, 0.3) is 0 Å². The second-order valence-electron chi connectivity index (χ2n) is 10.0. The van der Waals surface area contributed by atoms with E-state index < -0.39 is 10.0 Å². The largest absolute Gasteiger partial charge is 0.454 e. The molecule has 2 aromatic carbocycles. The van der Waals surface area contributed by atoms with Gasteiger partial charge < -0.3 is 14.5 Å². The van der Waals surface area contributed by atoms with Crippen LogP contribution in [-0.2, 0) is 10.0 Å². The van der Waals surface area contributed by atoms with Crippen molar-refractivity contribution in [2.45, 2.75) is 89.0 Å². The summed E-state index contributed by atoms with van der Waals surface area (Å²) in [5.41, 5.74) is 0.916. The van der Waals surface area contributed by atoms with Crippen LogP contribution >= 0.6 is 0 Å². The van der Waals surface area contributed by atoms with Crippen molar-refractivity contribution in [1.29, 1.82) is 0 Å². The topological polar surface area (TPSA) is 92.9 Å². The summed E-state index contributed by atoms with van der Waals surface area (Å²) in [5, 5.41) is 5.74. The summed E-state index contributed by atoms with van der Waals surface area (Å²) in [5.74, 6) is 0.499. The molecule has 0 heterocycles. The summed E-state index contributed by atoms with van der Waals surface area (Å²) in [6.07, 6.45) is 10.3. The minimum atomic E-state index is -4.19. The Kier molecular flexibility index (Phi) is 10.8. The monoisotopic (exact) mass is 529 g/mol. The van der Waals surface area contributed by atoms with Crippen LogP contribution in [0.2, 0.25) is 0 Å². The molecular weight excluding hydrogens is 486 g/mol. The quantitative estimate of drug-likeness (QED) is 0.324. The number of primary sulfonamides is 1. The fraction of sp³-hybridized carbons (Fsp3) is 0.552. The zero-order valence-electron chi connectivity index (χ0n) is 22.6. The molecule has 0 unspecified atom stereocenters. The number of nitrogens with two attached hydrogens (primary N) is 1. The van der Waals surface area contributed by atoms with Crippen LogP contribution in [0.1, 0.15) is 88.4 Å². The summed E-state index contributed by atoms with van der Waals surface area (Å²) in [6.45, 7) is 5.69. The molecule has 0 atom stereocenters. The minimum absolute atomic E-state index is 0.146. The predicted molar refractivity (Wildman–Crippen MR) is 150 cm³/mol. The Bertz CT molecular complexity index is 1110. The van der Waals surface area contributed by atoms with Gasteiger partial charge >= 0.3 is 0 Å². The maximum atomic E-state index is 13.7. The van der Waals surface area contributed by atoms with E-state index in [-0.39, 0.29) is 22.6 Å². The number of amides is 1. The summed E-state index contributed by atoms with van der Waals surface area (Å²) in [7, 11) is -2.36. The first-order chi connectivity index (χ1) is 17.8. The predicted octanol–water partition coefficient (Wildman–Crippen LogP) is 6.33. The first kappa shape index (κ1) is 29.0. The fourth-order valence-corrected chi connectivity index (χ4v) is 5.63. The molecule has 1 fully saturated rings. The normalized spacial score (nSPS) is 14.7. The maximum absolute atomic E-state index is 13.7. The molecular formula is C29H43N3O4S. The zero-order valence-corrected chi connectivity index (χ0v) is 23.4. The van der Waals surface area contributed by atoms with E-state index in [1.807, 2.05) is 25.2 Å². The number of hydrogen-bond donors (Lipinski definition) is 1. The van der Waals surface area contributed by atoms with Crippen molar-refractivity contribution in [1.82, 2.24) is 4.90 Å². The number of hydrogen-bond acceptors (Lipinski definition) is 5. The first-order valence-corrected chi connectivity index (χ1v) is 15.3. The number of nitrogens with zero attached hydrogens (tertiary/aromatic N) is 2. The number of carbonyl (C=O) groups is 1. The number of carbonyl (C=O) groups excluding carboxylic acids is 1. The van der Waals surface area contributed by atoms with Crippen LogP contribution in [-0.4, -0.2) is 45.4 Å². The molecule has 0 saturated heterocycles. The molecule has 0 aliphatic heterocycles. The van der Waals surface area contributed by atoms with E-state index >= 15 is 0 Å². The number of rotatable bonds is 12. The van der Waals surface area contributed by atoms with Crippen LogP contribution in [0.3, 0.4) is 0 Å². The Morgan fingerprint density at radius 3 is 2.11 bits per heavy atom. The number of ether oxygens (including phenoxy) is 1. The van der Waals surface area contributed by atoms with E-state index in [2.05, 4.69) is 18.7 Å². The first-order valence-electron chi connectivity index (χ1n) is 13.7. The molecule has 37 heavy (non-hydrogen) atoms. The lowest BCUT2D eigenvalue weighted by Gasteiger charge is -2.30. The van der Waals surface area contributed by atoms with Gasteiger partial charge in [0.2, 0.25) is 10.0 Å². The molecule has 0 spiro atoms. The van der Waals surface area contributed by atoms with Crippen molar-refractivity contribution in [2.75, 3.05) is 25.0 Å². The molecule has 0 radical (unpaired) electrons. The van der Waals surface area contributed by atoms with Gasteiger partial charge in [-0.1, -0.05) is 70.6 Å². The summed E-state index contributed by atoms with van der Waals surface area (Å²) in [4.78, 5) is 17.5. The van der Waals surface area contributed by atoms with Crippen molar-refractivity contribution in [2.24, 2.45) is 5.14 Å². The number of unbranched alkanes of at least 4 members (excludes halogenated alkanes) is 2. The van der Waals surface area contributed by atoms with Crippen molar-refractivity contribution in [3.8, 4) is 11.5 Å². The Labute approximate surface area is 223 Å². The maximum Gasteiger partial charge on any atom is 0.253 e. The van der Waals surface area contributed by atoms with Gasteiger partial charge in [-0.25, -0.2) is 13.6 Å². The number of anilines is 1.